The van der Waals surface area contributed by atoms with Crippen LogP contribution in [-0.2, 0) is 0 Å². The van der Waals surface area contributed by atoms with Gasteiger partial charge in [0.2, 0.25) is 5.89 Å². The Kier molecular flexibility index (Phi) is 4.87. The number of ether oxygens (including phenoxy) is 1. The monoisotopic (exact) mass is 381 g/mol. The van der Waals surface area contributed by atoms with Gasteiger partial charge in [-0.1, -0.05) is 0 Å². The van der Waals surface area contributed by atoms with Gasteiger partial charge in [-0.3, -0.25) is 0 Å². The molecule has 0 saturated heterocycles. The molecule has 1 unspecified atom stereocenters. The molecule has 1 aliphatic rings. The molecule has 1 fully saturated rings. The zero-order valence-electron chi connectivity index (χ0n) is 12.9. The Morgan fingerprint density at radius 3 is 2.78 bits per heavy atom. The van der Waals surface area contributed by atoms with Crippen molar-refractivity contribution < 1.29 is 9.15 Å². The number of H-pyrrole nitrogens is 1. The first-order valence-electron chi connectivity index (χ1n) is 7.80. The Balaban J connectivity index is 1.75. The van der Waals surface area contributed by atoms with Crippen molar-refractivity contribution in [2.75, 3.05) is 0 Å². The normalized spacial score (nSPS) is 22.7. The second kappa shape index (κ2) is 6.88. The maximum absolute atomic E-state index is 11.1. The Morgan fingerprint density at radius 1 is 1.39 bits per heavy atom. The maximum atomic E-state index is 11.1. The number of nitrogens with one attached hydrogen (secondary N) is 1. The van der Waals surface area contributed by atoms with Crippen molar-refractivity contribution in [2.24, 2.45) is 11.7 Å². The van der Waals surface area contributed by atoms with Gasteiger partial charge in [-0.15, -0.1) is 5.10 Å². The van der Waals surface area contributed by atoms with Crippen LogP contribution in [0, 0.1) is 5.92 Å². The lowest BCUT2D eigenvalue weighted by Crippen LogP contribution is -2.33. The highest BCUT2D eigenvalue weighted by molar-refractivity contribution is 9.10. The van der Waals surface area contributed by atoms with E-state index in [1.807, 2.05) is 18.2 Å². The molecule has 0 bridgehead atoms. The molecular formula is C16H20BrN3O3. The topological polar surface area (TPSA) is 94.1 Å². The summed E-state index contributed by atoms with van der Waals surface area (Å²) in [5, 5.41) is 6.11. The third-order valence-electron chi connectivity index (χ3n) is 4.41. The summed E-state index contributed by atoms with van der Waals surface area (Å²) >= 11 is 3.50. The molecular weight excluding hydrogens is 362 g/mol. The number of rotatable bonds is 4. The third kappa shape index (κ3) is 3.84. The molecule has 7 heteroatoms. The Bertz CT molecular complexity index is 719. The van der Waals surface area contributed by atoms with Gasteiger partial charge in [-0.2, -0.15) is 0 Å². The lowest BCUT2D eigenvalue weighted by atomic mass is 9.83. The van der Waals surface area contributed by atoms with E-state index in [4.69, 9.17) is 14.9 Å². The molecule has 3 N–H and O–H groups in total. The number of nitrogens with zero attached hydrogens (tertiary/aromatic N) is 1. The number of benzene rings is 1. The smallest absolute Gasteiger partial charge is 0.434 e. The molecule has 1 atom stereocenters. The van der Waals surface area contributed by atoms with Crippen molar-refractivity contribution >= 4 is 15.9 Å². The van der Waals surface area contributed by atoms with Crippen molar-refractivity contribution in [1.82, 2.24) is 10.2 Å². The molecule has 1 aromatic carbocycles. The van der Waals surface area contributed by atoms with E-state index in [0.29, 0.717) is 17.5 Å². The molecule has 0 amide bonds. The van der Waals surface area contributed by atoms with Gasteiger partial charge in [0.25, 0.3) is 0 Å². The molecule has 124 valence electrons. The lowest BCUT2D eigenvalue weighted by Gasteiger charge is -2.31. The summed E-state index contributed by atoms with van der Waals surface area (Å²) in [7, 11) is 0. The first-order valence-corrected chi connectivity index (χ1v) is 8.60. The van der Waals surface area contributed by atoms with E-state index >= 15 is 0 Å². The van der Waals surface area contributed by atoms with Crippen LogP contribution in [0.2, 0.25) is 0 Å². The summed E-state index contributed by atoms with van der Waals surface area (Å²) in [6.45, 7) is 2.09. The molecule has 6 nitrogen and oxygen atoms in total. The van der Waals surface area contributed by atoms with Crippen LogP contribution in [0.15, 0.2) is 31.9 Å². The second-order valence-electron chi connectivity index (χ2n) is 6.06. The van der Waals surface area contributed by atoms with E-state index in [9.17, 15) is 4.79 Å². The van der Waals surface area contributed by atoms with E-state index in [0.717, 1.165) is 35.9 Å². The molecule has 0 aliphatic heterocycles. The Morgan fingerprint density at radius 2 is 2.13 bits per heavy atom. The quantitative estimate of drug-likeness (QED) is 0.848. The van der Waals surface area contributed by atoms with Crippen LogP contribution in [0.1, 0.15) is 32.6 Å². The fourth-order valence-corrected chi connectivity index (χ4v) is 3.33. The molecule has 1 aliphatic carbocycles. The molecule has 3 rings (SSSR count). The zero-order valence-corrected chi connectivity index (χ0v) is 14.5. The summed E-state index contributed by atoms with van der Waals surface area (Å²) in [6.07, 6.45) is 4.39. The predicted octanol–water partition coefficient (Wildman–Crippen LogP) is 3.08. The zero-order chi connectivity index (χ0) is 16.4. The number of halogens is 1. The summed E-state index contributed by atoms with van der Waals surface area (Å²) < 4.78 is 12.0. The van der Waals surface area contributed by atoms with Crippen LogP contribution in [0.3, 0.4) is 0 Å². The number of nitrogens with two attached hydrogens (primary N) is 1. The highest BCUT2D eigenvalue weighted by Gasteiger charge is 2.25. The van der Waals surface area contributed by atoms with Gasteiger partial charge in [0.1, 0.15) is 5.75 Å². The average Bonchev–Trinajstić information content (AvgIpc) is 2.96. The SMILES string of the molecule is CC(Oc1cc(-c2n[nH]c(=O)o2)ccc1Br)[C@H]1CC[C@H](N)CC1. The van der Waals surface area contributed by atoms with Crippen LogP contribution in [0.25, 0.3) is 11.5 Å². The molecule has 1 heterocycles. The largest absolute Gasteiger partial charge is 0.489 e. The van der Waals surface area contributed by atoms with Gasteiger partial charge in [-0.05, 0) is 72.7 Å². The Labute approximate surface area is 142 Å². The number of aromatic amines is 1. The molecule has 1 saturated carbocycles. The van der Waals surface area contributed by atoms with Crippen LogP contribution in [0.4, 0.5) is 0 Å². The van der Waals surface area contributed by atoms with Gasteiger partial charge in [0.05, 0.1) is 10.6 Å². The minimum Gasteiger partial charge on any atom is -0.489 e. The van der Waals surface area contributed by atoms with Crippen molar-refractivity contribution in [3.8, 4) is 17.2 Å². The molecule has 0 spiro atoms. The minimum atomic E-state index is -0.572. The van der Waals surface area contributed by atoms with Crippen molar-refractivity contribution in [3.63, 3.8) is 0 Å². The maximum Gasteiger partial charge on any atom is 0.434 e. The fourth-order valence-electron chi connectivity index (χ4n) is 2.99. The molecule has 1 aromatic heterocycles. The van der Waals surface area contributed by atoms with Crippen LogP contribution < -0.4 is 16.2 Å². The highest BCUT2D eigenvalue weighted by Crippen LogP contribution is 2.34. The predicted molar refractivity (Wildman–Crippen MR) is 90.3 cm³/mol. The first-order chi connectivity index (χ1) is 11.0. The van der Waals surface area contributed by atoms with Crippen LogP contribution in [0.5, 0.6) is 5.75 Å². The van der Waals surface area contributed by atoms with Crippen LogP contribution >= 0.6 is 15.9 Å². The highest BCUT2D eigenvalue weighted by atomic mass is 79.9. The van der Waals surface area contributed by atoms with E-state index < -0.39 is 5.76 Å². The summed E-state index contributed by atoms with van der Waals surface area (Å²) in [5.74, 6) is 0.908. The third-order valence-corrected chi connectivity index (χ3v) is 5.06. The van der Waals surface area contributed by atoms with Gasteiger partial charge < -0.3 is 14.9 Å². The van der Waals surface area contributed by atoms with E-state index in [-0.39, 0.29) is 12.0 Å². The fraction of sp³-hybridized carbons (Fsp3) is 0.500. The minimum absolute atomic E-state index is 0.0974. The van der Waals surface area contributed by atoms with Gasteiger partial charge in [0, 0.05) is 11.6 Å². The van der Waals surface area contributed by atoms with Crippen LogP contribution in [-0.4, -0.2) is 22.3 Å². The summed E-state index contributed by atoms with van der Waals surface area (Å²) in [4.78, 5) is 11.1. The lowest BCUT2D eigenvalue weighted by molar-refractivity contribution is 0.118. The molecule has 23 heavy (non-hydrogen) atoms. The first kappa shape index (κ1) is 16.3. The van der Waals surface area contributed by atoms with Gasteiger partial charge >= 0.3 is 5.76 Å². The average molecular weight is 382 g/mol. The second-order valence-corrected chi connectivity index (χ2v) is 6.92. The standard InChI is InChI=1S/C16H20BrN3O3/c1-9(10-2-5-12(18)6-3-10)22-14-8-11(4-7-13(14)17)15-19-20-16(21)23-15/h4,7-10,12H,2-3,5-6,18H2,1H3,(H,20,21)/t9?,10-,12-. The summed E-state index contributed by atoms with van der Waals surface area (Å²) in [5.41, 5.74) is 6.66. The van der Waals surface area contributed by atoms with Crippen molar-refractivity contribution in [2.45, 2.75) is 44.8 Å². The van der Waals surface area contributed by atoms with Gasteiger partial charge in [0.15, 0.2) is 0 Å². The van der Waals surface area contributed by atoms with E-state index in [1.54, 1.807) is 0 Å². The number of hydrogen-bond donors (Lipinski definition) is 2. The van der Waals surface area contributed by atoms with E-state index in [1.165, 1.54) is 0 Å². The van der Waals surface area contributed by atoms with Crippen molar-refractivity contribution in [3.05, 3.63) is 33.2 Å². The molecule has 2 aromatic rings. The number of aromatic nitrogens is 2. The number of hydrogen-bond acceptors (Lipinski definition) is 5. The summed E-state index contributed by atoms with van der Waals surface area (Å²) in [6, 6.07) is 5.84. The molecule has 0 radical (unpaired) electrons. The van der Waals surface area contributed by atoms with Gasteiger partial charge in [-0.25, -0.2) is 9.89 Å². The van der Waals surface area contributed by atoms with Crippen molar-refractivity contribution in [1.29, 1.82) is 0 Å². The van der Waals surface area contributed by atoms with E-state index in [2.05, 4.69) is 33.1 Å². The Hall–Kier alpha value is -1.60.